The number of benzene rings is 1. The maximum atomic E-state index is 12.2. The van der Waals surface area contributed by atoms with Crippen LogP contribution >= 0.6 is 11.3 Å². The molecule has 1 aliphatic heterocycles. The summed E-state index contributed by atoms with van der Waals surface area (Å²) >= 11 is 1.57. The molecule has 3 rings (SSSR count). The summed E-state index contributed by atoms with van der Waals surface area (Å²) in [5, 5.41) is 6.89. The van der Waals surface area contributed by atoms with Crippen LogP contribution in [0.3, 0.4) is 0 Å². The standard InChI is InChI=1S/C18H23N3O2S/c1-13(23-12-14-5-3-2-4-6-14)17(22)21-18-20-11-16(24-18)15-7-9-19-10-8-15/h2-6,11,13,15,19H,7-10,12H2,1H3,(H,20,21,22). The van der Waals surface area contributed by atoms with Gasteiger partial charge in [-0.25, -0.2) is 4.98 Å². The number of amides is 1. The number of hydrogen-bond donors (Lipinski definition) is 2. The minimum atomic E-state index is -0.517. The predicted octanol–water partition coefficient (Wildman–Crippen LogP) is 3.15. The summed E-state index contributed by atoms with van der Waals surface area (Å²) in [5.41, 5.74) is 1.06. The van der Waals surface area contributed by atoms with E-state index >= 15 is 0 Å². The van der Waals surface area contributed by atoms with Crippen molar-refractivity contribution in [2.45, 2.75) is 38.4 Å². The summed E-state index contributed by atoms with van der Waals surface area (Å²) < 4.78 is 5.64. The molecule has 1 atom stereocenters. The molecule has 0 radical (unpaired) electrons. The number of carbonyl (C=O) groups is 1. The molecule has 24 heavy (non-hydrogen) atoms. The molecule has 5 nitrogen and oxygen atoms in total. The fourth-order valence-electron chi connectivity index (χ4n) is 2.72. The van der Waals surface area contributed by atoms with Gasteiger partial charge in [-0.2, -0.15) is 0 Å². The highest BCUT2D eigenvalue weighted by Gasteiger charge is 2.20. The Morgan fingerprint density at radius 3 is 2.88 bits per heavy atom. The molecule has 1 aromatic heterocycles. The number of hydrogen-bond acceptors (Lipinski definition) is 5. The second-order valence-corrected chi connectivity index (χ2v) is 7.08. The fourth-order valence-corrected chi connectivity index (χ4v) is 3.71. The minimum absolute atomic E-state index is 0.155. The quantitative estimate of drug-likeness (QED) is 0.844. The van der Waals surface area contributed by atoms with Gasteiger partial charge in [0.2, 0.25) is 0 Å². The molecule has 1 amide bonds. The Bertz CT molecular complexity index is 653. The summed E-state index contributed by atoms with van der Waals surface area (Å²) in [4.78, 5) is 17.8. The molecule has 0 bridgehead atoms. The van der Waals surface area contributed by atoms with Crippen LogP contribution in [-0.2, 0) is 16.1 Å². The molecule has 1 fully saturated rings. The molecule has 128 valence electrons. The largest absolute Gasteiger partial charge is 0.364 e. The number of nitrogens with zero attached hydrogens (tertiary/aromatic N) is 1. The van der Waals surface area contributed by atoms with Gasteiger partial charge in [-0.3, -0.25) is 10.1 Å². The average Bonchev–Trinajstić information content (AvgIpc) is 3.10. The molecule has 0 saturated carbocycles. The van der Waals surface area contributed by atoms with Crippen molar-refractivity contribution < 1.29 is 9.53 Å². The van der Waals surface area contributed by atoms with Crippen molar-refractivity contribution in [1.29, 1.82) is 0 Å². The second kappa shape index (κ2) is 8.37. The van der Waals surface area contributed by atoms with E-state index in [1.54, 1.807) is 18.3 Å². The summed E-state index contributed by atoms with van der Waals surface area (Å²) in [6.07, 6.45) is 3.64. The Morgan fingerprint density at radius 2 is 2.12 bits per heavy atom. The van der Waals surface area contributed by atoms with Crippen LogP contribution in [0.15, 0.2) is 36.5 Å². The number of rotatable bonds is 6. The van der Waals surface area contributed by atoms with Crippen molar-refractivity contribution in [2.24, 2.45) is 0 Å². The van der Waals surface area contributed by atoms with Crippen LogP contribution in [0.5, 0.6) is 0 Å². The first kappa shape index (κ1) is 17.1. The zero-order valence-corrected chi connectivity index (χ0v) is 14.6. The lowest BCUT2D eigenvalue weighted by atomic mass is 9.97. The predicted molar refractivity (Wildman–Crippen MR) is 96.3 cm³/mol. The maximum absolute atomic E-state index is 12.2. The highest BCUT2D eigenvalue weighted by Crippen LogP contribution is 2.31. The number of ether oxygens (including phenoxy) is 1. The second-order valence-electron chi connectivity index (χ2n) is 6.02. The van der Waals surface area contributed by atoms with Crippen LogP contribution in [0.4, 0.5) is 5.13 Å². The lowest BCUT2D eigenvalue weighted by Gasteiger charge is -2.20. The first-order chi connectivity index (χ1) is 11.7. The van der Waals surface area contributed by atoms with Gasteiger partial charge in [-0.05, 0) is 44.3 Å². The highest BCUT2D eigenvalue weighted by atomic mass is 32.1. The Morgan fingerprint density at radius 1 is 1.38 bits per heavy atom. The van der Waals surface area contributed by atoms with Gasteiger partial charge in [0, 0.05) is 11.1 Å². The summed E-state index contributed by atoms with van der Waals surface area (Å²) in [6.45, 7) is 4.29. The zero-order valence-electron chi connectivity index (χ0n) is 13.8. The molecular formula is C18H23N3O2S. The molecule has 0 spiro atoms. The molecule has 6 heteroatoms. The zero-order chi connectivity index (χ0) is 16.8. The molecule has 0 aliphatic carbocycles. The van der Waals surface area contributed by atoms with Crippen molar-refractivity contribution in [3.05, 3.63) is 47.0 Å². The molecule has 2 N–H and O–H groups in total. The van der Waals surface area contributed by atoms with E-state index < -0.39 is 6.10 Å². The van der Waals surface area contributed by atoms with E-state index in [-0.39, 0.29) is 5.91 Å². The molecular weight excluding hydrogens is 322 g/mol. The number of nitrogens with one attached hydrogen (secondary N) is 2. The SMILES string of the molecule is CC(OCc1ccccc1)C(=O)Nc1ncc(C2CCNCC2)s1. The third kappa shape index (κ3) is 4.63. The van der Waals surface area contributed by atoms with Crippen molar-refractivity contribution in [1.82, 2.24) is 10.3 Å². The van der Waals surface area contributed by atoms with Crippen molar-refractivity contribution in [2.75, 3.05) is 18.4 Å². The van der Waals surface area contributed by atoms with Gasteiger partial charge < -0.3 is 10.1 Å². The Kier molecular flexibility index (Phi) is 5.96. The molecule has 2 aromatic rings. The highest BCUT2D eigenvalue weighted by molar-refractivity contribution is 7.15. The average molecular weight is 345 g/mol. The van der Waals surface area contributed by atoms with E-state index in [2.05, 4.69) is 15.6 Å². The van der Waals surface area contributed by atoms with Gasteiger partial charge in [0.1, 0.15) is 6.10 Å². The van der Waals surface area contributed by atoms with Gasteiger partial charge in [0.05, 0.1) is 6.61 Å². The van der Waals surface area contributed by atoms with Crippen LogP contribution < -0.4 is 10.6 Å². The summed E-state index contributed by atoms with van der Waals surface area (Å²) in [6, 6.07) is 9.85. The van der Waals surface area contributed by atoms with Crippen molar-refractivity contribution >= 4 is 22.4 Å². The first-order valence-electron chi connectivity index (χ1n) is 8.35. The number of thiazole rings is 1. The lowest BCUT2D eigenvalue weighted by Crippen LogP contribution is -2.27. The van der Waals surface area contributed by atoms with Gasteiger partial charge in [0.15, 0.2) is 5.13 Å². The molecule has 1 aliphatic rings. The third-order valence-corrected chi connectivity index (χ3v) is 5.28. The summed E-state index contributed by atoms with van der Waals surface area (Å²) in [7, 11) is 0. The van der Waals surface area contributed by atoms with Crippen molar-refractivity contribution in [3.63, 3.8) is 0 Å². The lowest BCUT2D eigenvalue weighted by molar-refractivity contribution is -0.127. The van der Waals surface area contributed by atoms with Gasteiger partial charge in [-0.15, -0.1) is 11.3 Å². The van der Waals surface area contributed by atoms with E-state index in [0.29, 0.717) is 17.7 Å². The number of anilines is 1. The number of carbonyl (C=O) groups excluding carboxylic acids is 1. The van der Waals surface area contributed by atoms with Crippen LogP contribution in [0.2, 0.25) is 0 Å². The molecule has 2 heterocycles. The fraction of sp³-hybridized carbons (Fsp3) is 0.444. The first-order valence-corrected chi connectivity index (χ1v) is 9.17. The van der Waals surface area contributed by atoms with E-state index in [1.807, 2.05) is 36.5 Å². The van der Waals surface area contributed by atoms with Crippen LogP contribution in [-0.4, -0.2) is 30.1 Å². The Labute approximate surface area is 146 Å². The third-order valence-electron chi connectivity index (χ3n) is 4.21. The topological polar surface area (TPSA) is 63.2 Å². The van der Waals surface area contributed by atoms with Crippen LogP contribution in [0, 0.1) is 0 Å². The van der Waals surface area contributed by atoms with Crippen molar-refractivity contribution in [3.8, 4) is 0 Å². The van der Waals surface area contributed by atoms with Gasteiger partial charge in [0.25, 0.3) is 5.91 Å². The van der Waals surface area contributed by atoms with Crippen LogP contribution in [0.1, 0.15) is 36.1 Å². The normalized spacial score (nSPS) is 16.7. The van der Waals surface area contributed by atoms with Gasteiger partial charge >= 0.3 is 0 Å². The van der Waals surface area contributed by atoms with E-state index in [4.69, 9.17) is 4.74 Å². The molecule has 1 saturated heterocycles. The van der Waals surface area contributed by atoms with Gasteiger partial charge in [-0.1, -0.05) is 30.3 Å². The minimum Gasteiger partial charge on any atom is -0.364 e. The molecule has 1 unspecified atom stereocenters. The van der Waals surface area contributed by atoms with E-state index in [0.717, 1.165) is 31.5 Å². The van der Waals surface area contributed by atoms with E-state index in [9.17, 15) is 4.79 Å². The Hall–Kier alpha value is -1.76. The van der Waals surface area contributed by atoms with Crippen LogP contribution in [0.25, 0.3) is 0 Å². The smallest absolute Gasteiger partial charge is 0.255 e. The number of aromatic nitrogens is 1. The van der Waals surface area contributed by atoms with E-state index in [1.165, 1.54) is 4.88 Å². The summed E-state index contributed by atoms with van der Waals surface area (Å²) in [5.74, 6) is 0.401. The molecule has 1 aromatic carbocycles. The maximum Gasteiger partial charge on any atom is 0.255 e. The Balaban J connectivity index is 1.49. The number of piperidine rings is 1. The monoisotopic (exact) mass is 345 g/mol.